The number of rotatable bonds is 0. The summed E-state index contributed by atoms with van der Waals surface area (Å²) in [5.74, 6) is 0. The van der Waals surface area contributed by atoms with Crippen LogP contribution in [0.25, 0.3) is 0 Å². The van der Waals surface area contributed by atoms with Crippen LogP contribution in [0.2, 0.25) is 0 Å². The quantitative estimate of drug-likeness (QED) is 0.244. The molecule has 11 heteroatoms. The fourth-order valence-corrected chi connectivity index (χ4v) is 0. The molecule has 0 unspecified atom stereocenters. The third-order valence-corrected chi connectivity index (χ3v) is 0. The average molecular weight is 610 g/mol. The van der Waals surface area contributed by atoms with E-state index in [1.54, 1.807) is 0 Å². The van der Waals surface area contributed by atoms with E-state index in [0.29, 0.717) is 0 Å². The molecule has 0 amide bonds. The van der Waals surface area contributed by atoms with Gasteiger partial charge in [-0.05, 0) is 0 Å². The molecule has 0 radical (unpaired) electrons. The molecule has 0 atom stereocenters. The summed E-state index contributed by atoms with van der Waals surface area (Å²) in [6.45, 7) is 0. The van der Waals surface area contributed by atoms with Gasteiger partial charge < -0.3 is 0 Å². The predicted octanol–water partition coefficient (Wildman–Crippen LogP) is -8.13. The van der Waals surface area contributed by atoms with Crippen LogP contribution in [0.15, 0.2) is 0 Å². The molecule has 68 valence electrons. The maximum Gasteiger partial charge on any atom is 0 e. The summed E-state index contributed by atoms with van der Waals surface area (Å²) >= 11 is -12.2. The zero-order valence-electron chi connectivity index (χ0n) is 4.66. The van der Waals surface area contributed by atoms with Crippen molar-refractivity contribution in [3.05, 3.63) is 0 Å². The summed E-state index contributed by atoms with van der Waals surface area (Å²) in [5, 5.41) is 0. The van der Waals surface area contributed by atoms with Gasteiger partial charge in [-0.3, -0.25) is 0 Å². The van der Waals surface area contributed by atoms with E-state index in [1.165, 1.54) is 0 Å². The smallest absolute Gasteiger partial charge is 0 e. The van der Waals surface area contributed by atoms with Gasteiger partial charge in [0.25, 0.3) is 0 Å². The van der Waals surface area contributed by atoms with Crippen molar-refractivity contribution in [3.8, 4) is 0 Å². The van der Waals surface area contributed by atoms with E-state index in [-0.39, 0.29) is 31.1 Å². The third-order valence-electron chi connectivity index (χ3n) is 0. The van der Waals surface area contributed by atoms with Gasteiger partial charge in [-0.1, -0.05) is 0 Å². The Kier molecular flexibility index (Phi) is 12.7. The van der Waals surface area contributed by atoms with Crippen molar-refractivity contribution in [2.75, 3.05) is 0 Å². The first-order chi connectivity index (χ1) is 4.00. The topological polar surface area (TPSA) is 172 Å². The maximum absolute atomic E-state index is 8.64. The summed E-state index contributed by atoms with van der Waals surface area (Å²) in [4.78, 5) is 0. The SMILES string of the molecule is [O]=[Sb]([O-])([O-])[O-].[O]=[Sb]([O-])([O-])[O-].[U]. The van der Waals surface area contributed by atoms with Crippen molar-refractivity contribution >= 4 is 40.1 Å². The Morgan fingerprint density at radius 3 is 0.636 bits per heavy atom. The van der Waals surface area contributed by atoms with E-state index < -0.39 is 40.1 Å². The Bertz CT molecular complexity index is 124. The number of hydrogen-bond donors (Lipinski definition) is 0. The molecule has 0 saturated carbocycles. The van der Waals surface area contributed by atoms with Gasteiger partial charge in [-0.25, -0.2) is 0 Å². The second kappa shape index (κ2) is 7.45. The second-order valence-corrected chi connectivity index (χ2v) is 6.00. The monoisotopic (exact) mass is 608 g/mol. The minimum absolute atomic E-state index is 0. The van der Waals surface area contributed by atoms with Crippen LogP contribution in [0.5, 0.6) is 0 Å². The first-order valence-corrected chi connectivity index (χ1v) is 9.80. The predicted molar refractivity (Wildman–Crippen MR) is 12.9 cm³/mol. The largest absolute Gasteiger partial charge is 0 e. The minimum atomic E-state index is -6.10. The van der Waals surface area contributed by atoms with E-state index in [1.807, 2.05) is 0 Å². The van der Waals surface area contributed by atoms with Crippen molar-refractivity contribution in [1.82, 2.24) is 0 Å². The maximum atomic E-state index is 8.64. The molecule has 0 aliphatic rings. The zero-order valence-corrected chi connectivity index (χ0v) is 13.9. The van der Waals surface area contributed by atoms with Crippen LogP contribution in [0.3, 0.4) is 0 Å². The Labute approximate surface area is 96.0 Å². The Hall–Kier alpha value is 2.05. The van der Waals surface area contributed by atoms with Gasteiger partial charge >= 0.3 is 66.5 Å². The molecule has 0 heterocycles. The summed E-state index contributed by atoms with van der Waals surface area (Å²) in [6.07, 6.45) is 0. The Balaban J connectivity index is -0.000000107. The van der Waals surface area contributed by atoms with Gasteiger partial charge in [0.05, 0.1) is 0 Å². The first kappa shape index (κ1) is 18.8. The van der Waals surface area contributed by atoms with Crippen molar-refractivity contribution < 1.29 is 57.5 Å². The number of hydrogen-bond acceptors (Lipinski definition) is 8. The molecular formula is O8Sb2U-6. The summed E-state index contributed by atoms with van der Waals surface area (Å²) < 4.78 is 69.1. The van der Waals surface area contributed by atoms with Crippen LogP contribution in [-0.2, 0) is 6.03 Å². The molecule has 0 aromatic carbocycles. The molecule has 0 saturated heterocycles. The van der Waals surface area contributed by atoms with Crippen LogP contribution in [0, 0.1) is 31.1 Å². The van der Waals surface area contributed by atoms with Crippen molar-refractivity contribution in [2.24, 2.45) is 0 Å². The van der Waals surface area contributed by atoms with Gasteiger partial charge in [0.15, 0.2) is 0 Å². The van der Waals surface area contributed by atoms with Gasteiger partial charge in [0.2, 0.25) is 0 Å². The van der Waals surface area contributed by atoms with Crippen molar-refractivity contribution in [2.45, 2.75) is 0 Å². The van der Waals surface area contributed by atoms with Crippen LogP contribution in [-0.4, -0.2) is 40.1 Å². The molecule has 0 rings (SSSR count). The summed E-state index contributed by atoms with van der Waals surface area (Å²) in [5.41, 5.74) is 0. The van der Waals surface area contributed by atoms with Crippen molar-refractivity contribution in [3.63, 3.8) is 0 Å². The fourth-order valence-electron chi connectivity index (χ4n) is 0. The molecule has 0 aromatic heterocycles. The second-order valence-electron chi connectivity index (χ2n) is 0.894. The Morgan fingerprint density at radius 2 is 0.636 bits per heavy atom. The van der Waals surface area contributed by atoms with E-state index >= 15 is 0 Å². The molecule has 0 N–H and O–H groups in total. The first-order valence-electron chi connectivity index (χ1n) is 1.46. The molecule has 0 spiro atoms. The molecular weight excluding hydrogens is 610 g/mol. The zero-order chi connectivity index (χ0) is 9.00. The molecule has 0 bridgehead atoms. The van der Waals surface area contributed by atoms with E-state index in [0.717, 1.165) is 0 Å². The van der Waals surface area contributed by atoms with E-state index in [9.17, 15) is 0 Å². The van der Waals surface area contributed by atoms with Crippen LogP contribution < -0.4 is 20.3 Å². The van der Waals surface area contributed by atoms with Gasteiger partial charge in [-0.2, -0.15) is 0 Å². The molecule has 0 fully saturated rings. The van der Waals surface area contributed by atoms with Crippen molar-refractivity contribution in [1.29, 1.82) is 0 Å². The van der Waals surface area contributed by atoms with Crippen LogP contribution in [0.1, 0.15) is 0 Å². The standard InChI is InChI=1S/8O.2Sb.U/q;;6*-1;;;. The molecule has 0 aliphatic carbocycles. The van der Waals surface area contributed by atoms with Gasteiger partial charge in [-0.15, -0.1) is 0 Å². The van der Waals surface area contributed by atoms with Crippen LogP contribution in [0.4, 0.5) is 0 Å². The molecule has 11 heavy (non-hydrogen) atoms. The Morgan fingerprint density at radius 1 is 0.636 bits per heavy atom. The minimum Gasteiger partial charge on any atom is 0 e. The van der Waals surface area contributed by atoms with E-state index in [2.05, 4.69) is 0 Å². The summed E-state index contributed by atoms with van der Waals surface area (Å²) in [7, 11) is 0. The molecule has 0 aromatic rings. The third kappa shape index (κ3) is 290. The normalized spacial score (nSPS) is 10.7. The summed E-state index contributed by atoms with van der Waals surface area (Å²) in [6, 6.07) is 0. The van der Waals surface area contributed by atoms with Crippen LogP contribution >= 0.6 is 0 Å². The van der Waals surface area contributed by atoms with Gasteiger partial charge in [0.1, 0.15) is 0 Å². The van der Waals surface area contributed by atoms with E-state index in [4.69, 9.17) is 26.3 Å². The fraction of sp³-hybridized carbons (Fsp3) is 0. The average Bonchev–Trinajstić information content (AvgIpc) is 1.12. The molecule has 0 aliphatic heterocycles. The molecule has 8 nitrogen and oxygen atoms in total. The van der Waals surface area contributed by atoms with Gasteiger partial charge in [0, 0.05) is 31.1 Å².